The third-order valence-corrected chi connectivity index (χ3v) is 2.65. The lowest BCUT2D eigenvalue weighted by molar-refractivity contribution is -0.395. The summed E-state index contributed by atoms with van der Waals surface area (Å²) in [5.74, 6) is -0.256. The molecular formula is C14H11N3O5. The Kier molecular flexibility index (Phi) is 4.76. The van der Waals surface area contributed by atoms with Gasteiger partial charge in [0.1, 0.15) is 18.9 Å². The van der Waals surface area contributed by atoms with Crippen LogP contribution in [0.1, 0.15) is 5.56 Å². The van der Waals surface area contributed by atoms with Crippen LogP contribution >= 0.6 is 0 Å². The minimum Gasteiger partial charge on any atom is -0.469 e. The molecule has 2 aromatic rings. The number of nitrogens with zero attached hydrogens (tertiary/aromatic N) is 3. The molecule has 0 fully saturated rings. The summed E-state index contributed by atoms with van der Waals surface area (Å²) in [6.45, 7) is 0.0561. The van der Waals surface area contributed by atoms with Crippen LogP contribution in [0.15, 0.2) is 48.7 Å². The molecule has 0 spiro atoms. The van der Waals surface area contributed by atoms with Gasteiger partial charge in [0.05, 0.1) is 9.85 Å². The van der Waals surface area contributed by atoms with Crippen LogP contribution in [0.2, 0.25) is 0 Å². The Labute approximate surface area is 125 Å². The van der Waals surface area contributed by atoms with Gasteiger partial charge in [-0.3, -0.25) is 20.2 Å². The van der Waals surface area contributed by atoms with Crippen LogP contribution in [-0.4, -0.2) is 21.4 Å². The topological polar surface area (TPSA) is 108 Å². The molecule has 1 aromatic heterocycles. The number of benzene rings is 1. The molecule has 0 bridgehead atoms. The monoisotopic (exact) mass is 301 g/mol. The molecule has 0 N–H and O–H groups in total. The fourth-order valence-corrected chi connectivity index (χ4v) is 1.65. The summed E-state index contributed by atoms with van der Waals surface area (Å²) in [6.07, 6.45) is 4.38. The molecule has 0 amide bonds. The summed E-state index contributed by atoms with van der Waals surface area (Å²) < 4.78 is 5.19. The van der Waals surface area contributed by atoms with Crippen LogP contribution in [0.25, 0.3) is 6.08 Å². The van der Waals surface area contributed by atoms with Crippen molar-refractivity contribution in [3.05, 3.63) is 74.5 Å². The lowest BCUT2D eigenvalue weighted by Crippen LogP contribution is -2.02. The lowest BCUT2D eigenvalue weighted by atomic mass is 10.2. The number of nitro groups is 2. The molecule has 2 rings (SSSR count). The summed E-state index contributed by atoms with van der Waals surface area (Å²) in [5, 5.41) is 21.5. The van der Waals surface area contributed by atoms with E-state index in [0.717, 1.165) is 17.8 Å². The number of rotatable bonds is 6. The average Bonchev–Trinajstić information content (AvgIpc) is 2.52. The minimum atomic E-state index is -0.768. The number of hydrogen-bond donors (Lipinski definition) is 0. The van der Waals surface area contributed by atoms with Crippen molar-refractivity contribution in [3.63, 3.8) is 0 Å². The second-order valence-electron chi connectivity index (χ2n) is 4.16. The zero-order valence-electron chi connectivity index (χ0n) is 11.3. The molecule has 8 heteroatoms. The van der Waals surface area contributed by atoms with Gasteiger partial charge < -0.3 is 4.74 Å². The predicted molar refractivity (Wildman–Crippen MR) is 78.5 cm³/mol. The third-order valence-electron chi connectivity index (χ3n) is 2.65. The van der Waals surface area contributed by atoms with Crippen molar-refractivity contribution in [2.75, 3.05) is 6.61 Å². The largest absolute Gasteiger partial charge is 0.469 e. The molecule has 0 radical (unpaired) electrons. The van der Waals surface area contributed by atoms with Gasteiger partial charge in [-0.1, -0.05) is 36.4 Å². The molecule has 1 heterocycles. The van der Waals surface area contributed by atoms with Gasteiger partial charge in [-0.05, 0) is 11.6 Å². The molecule has 0 unspecified atom stereocenters. The fourth-order valence-electron chi connectivity index (χ4n) is 1.65. The SMILES string of the molecule is O=[N+]([O-])c1cnc(OCC=Cc2ccccc2)c([N+](=O)[O-])c1. The zero-order valence-corrected chi connectivity index (χ0v) is 11.3. The first kappa shape index (κ1) is 15.1. The van der Waals surface area contributed by atoms with E-state index in [9.17, 15) is 20.2 Å². The lowest BCUT2D eigenvalue weighted by Gasteiger charge is -2.02. The maximum absolute atomic E-state index is 10.9. The van der Waals surface area contributed by atoms with Crippen molar-refractivity contribution in [2.45, 2.75) is 0 Å². The molecule has 0 saturated heterocycles. The van der Waals surface area contributed by atoms with Gasteiger partial charge in [0.2, 0.25) is 0 Å². The smallest absolute Gasteiger partial charge is 0.337 e. The van der Waals surface area contributed by atoms with Crippen LogP contribution in [-0.2, 0) is 0 Å². The van der Waals surface area contributed by atoms with Gasteiger partial charge >= 0.3 is 5.69 Å². The Morgan fingerprint density at radius 1 is 1.14 bits per heavy atom. The molecular weight excluding hydrogens is 290 g/mol. The number of hydrogen-bond acceptors (Lipinski definition) is 6. The first-order chi connectivity index (χ1) is 10.6. The first-order valence-electron chi connectivity index (χ1n) is 6.21. The van der Waals surface area contributed by atoms with E-state index in [1.54, 1.807) is 12.2 Å². The molecule has 0 aliphatic carbocycles. The van der Waals surface area contributed by atoms with Gasteiger partial charge in [-0.15, -0.1) is 0 Å². The Balaban J connectivity index is 2.08. The predicted octanol–water partition coefficient (Wildman–Crippen LogP) is 2.99. The Morgan fingerprint density at radius 3 is 2.50 bits per heavy atom. The normalized spacial score (nSPS) is 10.5. The van der Waals surface area contributed by atoms with E-state index in [2.05, 4.69) is 4.98 Å². The average molecular weight is 301 g/mol. The quantitative estimate of drug-likeness (QED) is 0.599. The first-order valence-corrected chi connectivity index (χ1v) is 6.21. The van der Waals surface area contributed by atoms with Gasteiger partial charge in [0.25, 0.3) is 11.6 Å². The van der Waals surface area contributed by atoms with Crippen molar-refractivity contribution in [1.82, 2.24) is 4.98 Å². The van der Waals surface area contributed by atoms with E-state index in [4.69, 9.17) is 4.74 Å². The molecule has 8 nitrogen and oxygen atoms in total. The third kappa shape index (κ3) is 3.85. The maximum Gasteiger partial charge on any atom is 0.337 e. The van der Waals surface area contributed by atoms with Crippen molar-refractivity contribution in [1.29, 1.82) is 0 Å². The summed E-state index contributed by atoms with van der Waals surface area (Å²) in [4.78, 5) is 23.6. The summed E-state index contributed by atoms with van der Waals surface area (Å²) >= 11 is 0. The molecule has 22 heavy (non-hydrogen) atoms. The molecule has 0 atom stereocenters. The van der Waals surface area contributed by atoms with Crippen LogP contribution in [0.5, 0.6) is 5.88 Å². The van der Waals surface area contributed by atoms with Crippen LogP contribution in [0.3, 0.4) is 0 Å². The standard InChI is InChI=1S/C14H11N3O5/c18-16(19)12-9-13(17(20)21)14(15-10-12)22-8-4-7-11-5-2-1-3-6-11/h1-7,9-10H,8H2. The Bertz CT molecular complexity index is 716. The molecule has 0 aliphatic rings. The highest BCUT2D eigenvalue weighted by atomic mass is 16.6. The second kappa shape index (κ2) is 6.93. The van der Waals surface area contributed by atoms with Gasteiger partial charge in [-0.25, -0.2) is 4.98 Å². The van der Waals surface area contributed by atoms with Crippen molar-refractivity contribution >= 4 is 17.5 Å². The van der Waals surface area contributed by atoms with Crippen LogP contribution < -0.4 is 4.74 Å². The van der Waals surface area contributed by atoms with Gasteiger partial charge in [0.15, 0.2) is 0 Å². The van der Waals surface area contributed by atoms with Crippen LogP contribution in [0, 0.1) is 20.2 Å². The Morgan fingerprint density at radius 2 is 1.86 bits per heavy atom. The maximum atomic E-state index is 10.9. The van der Waals surface area contributed by atoms with Crippen molar-refractivity contribution < 1.29 is 14.6 Å². The fraction of sp³-hybridized carbons (Fsp3) is 0.0714. The van der Waals surface area contributed by atoms with Gasteiger partial charge in [-0.2, -0.15) is 0 Å². The van der Waals surface area contributed by atoms with E-state index in [0.29, 0.717) is 0 Å². The highest BCUT2D eigenvalue weighted by Crippen LogP contribution is 2.28. The number of ether oxygens (including phenoxy) is 1. The molecule has 0 aliphatic heterocycles. The van der Waals surface area contributed by atoms with E-state index < -0.39 is 21.2 Å². The molecule has 0 saturated carbocycles. The zero-order chi connectivity index (χ0) is 15.9. The van der Waals surface area contributed by atoms with E-state index in [-0.39, 0.29) is 12.5 Å². The molecule has 1 aromatic carbocycles. The summed E-state index contributed by atoms with van der Waals surface area (Å²) in [5.41, 5.74) is -0.0431. The Hall–Kier alpha value is -3.29. The minimum absolute atomic E-state index is 0.0561. The second-order valence-corrected chi connectivity index (χ2v) is 4.16. The summed E-state index contributed by atoms with van der Waals surface area (Å²) in [6, 6.07) is 10.2. The van der Waals surface area contributed by atoms with Gasteiger partial charge in [0, 0.05) is 0 Å². The number of aromatic nitrogens is 1. The van der Waals surface area contributed by atoms with E-state index in [1.165, 1.54) is 0 Å². The van der Waals surface area contributed by atoms with Crippen molar-refractivity contribution in [2.24, 2.45) is 0 Å². The highest BCUT2D eigenvalue weighted by Gasteiger charge is 2.22. The number of pyridine rings is 1. The highest BCUT2D eigenvalue weighted by molar-refractivity contribution is 5.50. The summed E-state index contributed by atoms with van der Waals surface area (Å²) in [7, 11) is 0. The molecule has 112 valence electrons. The van der Waals surface area contributed by atoms with Crippen LogP contribution in [0.4, 0.5) is 11.4 Å². The van der Waals surface area contributed by atoms with E-state index in [1.807, 2.05) is 30.3 Å². The van der Waals surface area contributed by atoms with E-state index >= 15 is 0 Å². The van der Waals surface area contributed by atoms with Crippen molar-refractivity contribution in [3.8, 4) is 5.88 Å².